The van der Waals surface area contributed by atoms with E-state index in [9.17, 15) is 9.59 Å². The third kappa shape index (κ3) is 3.15. The van der Waals surface area contributed by atoms with Gasteiger partial charge in [0.05, 0.1) is 16.3 Å². The summed E-state index contributed by atoms with van der Waals surface area (Å²) in [5.41, 5.74) is -0.248. The van der Waals surface area contributed by atoms with Crippen molar-refractivity contribution >= 4 is 56.7 Å². The Labute approximate surface area is 131 Å². The number of amides is 1. The summed E-state index contributed by atoms with van der Waals surface area (Å²) in [6.45, 7) is 0. The number of halogens is 3. The molecule has 2 aromatic rings. The van der Waals surface area contributed by atoms with Crippen molar-refractivity contribution in [3.63, 3.8) is 0 Å². The molecule has 1 heterocycles. The van der Waals surface area contributed by atoms with Crippen LogP contribution in [0.2, 0.25) is 10.0 Å². The van der Waals surface area contributed by atoms with Crippen LogP contribution in [0.1, 0.15) is 20.9 Å². The standard InChI is InChI=1S/C12H6BrCl2NO4/c13-9-2-1-8(20-9)11(17)16-10-6(12(18)19)3-5(14)4-7(10)15/h1-4H,(H,16,17)(H,18,19). The smallest absolute Gasteiger partial charge is 0.337 e. The minimum absolute atomic E-state index is 0.0132. The number of carboxylic acid groups (broad SMARTS) is 1. The number of hydrogen-bond donors (Lipinski definition) is 2. The molecule has 0 atom stereocenters. The van der Waals surface area contributed by atoms with E-state index >= 15 is 0 Å². The average Bonchev–Trinajstić information content (AvgIpc) is 2.78. The first-order chi connectivity index (χ1) is 9.38. The third-order valence-corrected chi connectivity index (χ3v) is 3.26. The molecule has 104 valence electrons. The van der Waals surface area contributed by atoms with Gasteiger partial charge in [-0.05, 0) is 40.2 Å². The van der Waals surface area contributed by atoms with Crippen LogP contribution in [0.25, 0.3) is 0 Å². The van der Waals surface area contributed by atoms with Gasteiger partial charge in [0.15, 0.2) is 10.4 Å². The number of rotatable bonds is 3. The van der Waals surface area contributed by atoms with Gasteiger partial charge in [0.2, 0.25) is 0 Å². The van der Waals surface area contributed by atoms with Crippen LogP contribution >= 0.6 is 39.1 Å². The topological polar surface area (TPSA) is 79.5 Å². The molecule has 8 heteroatoms. The van der Waals surface area contributed by atoms with Crippen LogP contribution in [0.4, 0.5) is 5.69 Å². The largest absolute Gasteiger partial charge is 0.478 e. The lowest BCUT2D eigenvalue weighted by Crippen LogP contribution is -2.14. The predicted octanol–water partition coefficient (Wildman–Crippen LogP) is 4.30. The summed E-state index contributed by atoms with van der Waals surface area (Å²) < 4.78 is 5.45. The fraction of sp³-hybridized carbons (Fsp3) is 0. The summed E-state index contributed by atoms with van der Waals surface area (Å²) in [5.74, 6) is -1.87. The zero-order valence-corrected chi connectivity index (χ0v) is 12.7. The lowest BCUT2D eigenvalue weighted by Gasteiger charge is -2.10. The lowest BCUT2D eigenvalue weighted by molar-refractivity contribution is 0.0698. The van der Waals surface area contributed by atoms with Crippen LogP contribution < -0.4 is 5.32 Å². The molecule has 1 amide bonds. The Balaban J connectivity index is 2.38. The van der Waals surface area contributed by atoms with Crippen LogP contribution in [0.3, 0.4) is 0 Å². The van der Waals surface area contributed by atoms with Crippen molar-refractivity contribution in [1.29, 1.82) is 0 Å². The minimum Gasteiger partial charge on any atom is -0.478 e. The number of carbonyl (C=O) groups excluding carboxylic acids is 1. The molecule has 20 heavy (non-hydrogen) atoms. The molecule has 0 bridgehead atoms. The maximum Gasteiger partial charge on any atom is 0.337 e. The maximum atomic E-state index is 11.9. The molecule has 0 spiro atoms. The van der Waals surface area contributed by atoms with Gasteiger partial charge in [-0.25, -0.2) is 4.79 Å². The van der Waals surface area contributed by atoms with E-state index in [2.05, 4.69) is 21.2 Å². The molecule has 1 aromatic heterocycles. The van der Waals surface area contributed by atoms with Crippen LogP contribution in [-0.4, -0.2) is 17.0 Å². The highest BCUT2D eigenvalue weighted by Gasteiger charge is 2.19. The normalized spacial score (nSPS) is 10.3. The SMILES string of the molecule is O=C(Nc1c(Cl)cc(Cl)cc1C(=O)O)c1ccc(Br)o1. The number of anilines is 1. The molecule has 0 saturated carbocycles. The van der Waals surface area contributed by atoms with Crippen molar-refractivity contribution in [2.24, 2.45) is 0 Å². The van der Waals surface area contributed by atoms with Crippen LogP contribution in [-0.2, 0) is 0 Å². The second kappa shape index (κ2) is 5.87. The van der Waals surface area contributed by atoms with E-state index in [1.807, 2.05) is 0 Å². The van der Waals surface area contributed by atoms with E-state index < -0.39 is 11.9 Å². The highest BCUT2D eigenvalue weighted by molar-refractivity contribution is 9.10. The van der Waals surface area contributed by atoms with Crippen molar-refractivity contribution in [2.75, 3.05) is 5.32 Å². The van der Waals surface area contributed by atoms with Gasteiger partial charge < -0.3 is 14.8 Å². The molecule has 0 fully saturated rings. The maximum absolute atomic E-state index is 11.9. The quantitative estimate of drug-likeness (QED) is 0.834. The first kappa shape index (κ1) is 14.9. The second-order valence-corrected chi connectivity index (χ2v) is 5.30. The van der Waals surface area contributed by atoms with E-state index in [0.29, 0.717) is 4.67 Å². The fourth-order valence-electron chi connectivity index (χ4n) is 1.48. The van der Waals surface area contributed by atoms with E-state index in [0.717, 1.165) is 0 Å². The first-order valence-corrected chi connectivity index (χ1v) is 6.72. The number of nitrogens with one attached hydrogen (secondary N) is 1. The lowest BCUT2D eigenvalue weighted by atomic mass is 10.1. The summed E-state index contributed by atoms with van der Waals surface area (Å²) in [6, 6.07) is 5.51. The molecule has 0 aliphatic carbocycles. The number of aromatic carboxylic acids is 1. The van der Waals surface area contributed by atoms with Gasteiger partial charge in [-0.1, -0.05) is 23.2 Å². The van der Waals surface area contributed by atoms with Gasteiger partial charge in [0.1, 0.15) is 0 Å². The second-order valence-electron chi connectivity index (χ2n) is 3.67. The fourth-order valence-corrected chi connectivity index (χ4v) is 2.33. The number of carbonyl (C=O) groups is 2. The Bertz CT molecular complexity index is 699. The Morgan fingerprint density at radius 1 is 1.25 bits per heavy atom. The van der Waals surface area contributed by atoms with Crippen molar-refractivity contribution in [1.82, 2.24) is 0 Å². The zero-order chi connectivity index (χ0) is 14.9. The van der Waals surface area contributed by atoms with Gasteiger partial charge in [-0.2, -0.15) is 0 Å². The van der Waals surface area contributed by atoms with Crippen molar-refractivity contribution in [3.05, 3.63) is 50.3 Å². The van der Waals surface area contributed by atoms with Gasteiger partial charge in [0.25, 0.3) is 5.91 Å². The van der Waals surface area contributed by atoms with Gasteiger partial charge >= 0.3 is 5.97 Å². The monoisotopic (exact) mass is 377 g/mol. The number of benzene rings is 1. The van der Waals surface area contributed by atoms with E-state index in [-0.39, 0.29) is 27.1 Å². The van der Waals surface area contributed by atoms with Crippen molar-refractivity contribution < 1.29 is 19.1 Å². The molecule has 0 radical (unpaired) electrons. The Morgan fingerprint density at radius 2 is 1.95 bits per heavy atom. The van der Waals surface area contributed by atoms with Crippen LogP contribution in [0.15, 0.2) is 33.4 Å². The minimum atomic E-state index is -1.26. The third-order valence-electron chi connectivity index (χ3n) is 2.32. The molecule has 0 aliphatic heterocycles. The van der Waals surface area contributed by atoms with E-state index in [1.165, 1.54) is 24.3 Å². The summed E-state index contributed by atoms with van der Waals surface area (Å²) in [4.78, 5) is 23.1. The summed E-state index contributed by atoms with van der Waals surface area (Å²) in [7, 11) is 0. The molecule has 1 aromatic carbocycles. The molecule has 0 unspecified atom stereocenters. The molecule has 2 N–H and O–H groups in total. The number of hydrogen-bond acceptors (Lipinski definition) is 3. The Hall–Kier alpha value is -1.50. The average molecular weight is 379 g/mol. The van der Waals surface area contributed by atoms with E-state index in [4.69, 9.17) is 32.7 Å². The Morgan fingerprint density at radius 3 is 2.50 bits per heavy atom. The van der Waals surface area contributed by atoms with Gasteiger partial charge in [0, 0.05) is 5.02 Å². The molecule has 2 rings (SSSR count). The zero-order valence-electron chi connectivity index (χ0n) is 9.62. The van der Waals surface area contributed by atoms with E-state index in [1.54, 1.807) is 0 Å². The number of carboxylic acids is 1. The van der Waals surface area contributed by atoms with Crippen molar-refractivity contribution in [3.8, 4) is 0 Å². The molecular formula is C12H6BrCl2NO4. The van der Waals surface area contributed by atoms with Crippen LogP contribution in [0.5, 0.6) is 0 Å². The summed E-state index contributed by atoms with van der Waals surface area (Å²) in [5, 5.41) is 11.7. The summed E-state index contributed by atoms with van der Waals surface area (Å²) >= 11 is 14.7. The highest BCUT2D eigenvalue weighted by Crippen LogP contribution is 2.31. The summed E-state index contributed by atoms with van der Waals surface area (Å²) in [6.07, 6.45) is 0. The number of furan rings is 1. The molecule has 0 saturated heterocycles. The molecule has 0 aliphatic rings. The first-order valence-electron chi connectivity index (χ1n) is 5.17. The molecular weight excluding hydrogens is 373 g/mol. The van der Waals surface area contributed by atoms with Crippen molar-refractivity contribution in [2.45, 2.75) is 0 Å². The van der Waals surface area contributed by atoms with Crippen LogP contribution in [0, 0.1) is 0 Å². The Kier molecular flexibility index (Phi) is 4.37. The van der Waals surface area contributed by atoms with Gasteiger partial charge in [-0.15, -0.1) is 0 Å². The molecule has 5 nitrogen and oxygen atoms in total. The highest BCUT2D eigenvalue weighted by atomic mass is 79.9. The predicted molar refractivity (Wildman–Crippen MR) is 77.8 cm³/mol. The van der Waals surface area contributed by atoms with Gasteiger partial charge in [-0.3, -0.25) is 4.79 Å².